The van der Waals surface area contributed by atoms with Gasteiger partial charge in [0.1, 0.15) is 11.2 Å². The van der Waals surface area contributed by atoms with Crippen molar-refractivity contribution in [2.24, 2.45) is 0 Å². The molecule has 0 unspecified atom stereocenters. The molecule has 0 radical (unpaired) electrons. The van der Waals surface area contributed by atoms with Crippen molar-refractivity contribution >= 4 is 49.8 Å². The van der Waals surface area contributed by atoms with E-state index in [1.54, 1.807) is 0 Å². The molecule has 1 heterocycles. The third kappa shape index (κ3) is 5.71. The van der Waals surface area contributed by atoms with Crippen molar-refractivity contribution in [1.82, 2.24) is 0 Å². The molecule has 0 aliphatic carbocycles. The van der Waals surface area contributed by atoms with Gasteiger partial charge in [-0.05, 0) is 92.9 Å². The largest absolute Gasteiger partial charge is 0.455 e. The number of hydrogen-bond acceptors (Lipinski definition) is 2. The monoisotopic (exact) mass is 689 g/mol. The Labute approximate surface area is 314 Å². The fourth-order valence-corrected chi connectivity index (χ4v) is 7.73. The smallest absolute Gasteiger partial charge is 0.143 e. The predicted octanol–water partition coefficient (Wildman–Crippen LogP) is 14.9. The molecular formula is C52H35NO. The molecule has 0 fully saturated rings. The van der Waals surface area contributed by atoms with Crippen molar-refractivity contribution in [2.45, 2.75) is 0 Å². The summed E-state index contributed by atoms with van der Waals surface area (Å²) >= 11 is 0. The Morgan fingerprint density at radius 2 is 0.796 bits per heavy atom. The molecule has 0 N–H and O–H groups in total. The van der Waals surface area contributed by atoms with Crippen LogP contribution in [0.4, 0.5) is 17.1 Å². The van der Waals surface area contributed by atoms with Crippen molar-refractivity contribution in [3.63, 3.8) is 0 Å². The zero-order chi connectivity index (χ0) is 35.8. The van der Waals surface area contributed by atoms with Crippen LogP contribution in [0.5, 0.6) is 0 Å². The average molecular weight is 690 g/mol. The standard InChI is InChI=1S/C52H35NO/c1-3-11-36(12-4-1)38-19-21-39(22-20-38)41-25-31-45(32-26-41)53(44-29-23-40(24-30-44)37-13-5-2-6-14-37)50-18-10-9-16-46(50)43-28-34-51-49(35-43)48-33-27-42-15-7-8-17-47(42)52(48)54-51/h1-35H. The van der Waals surface area contributed by atoms with Crippen molar-refractivity contribution < 1.29 is 4.42 Å². The highest BCUT2D eigenvalue weighted by atomic mass is 16.3. The summed E-state index contributed by atoms with van der Waals surface area (Å²) in [6, 6.07) is 75.9. The first-order valence-corrected chi connectivity index (χ1v) is 18.4. The molecule has 9 aromatic carbocycles. The van der Waals surface area contributed by atoms with E-state index in [-0.39, 0.29) is 0 Å². The first-order chi connectivity index (χ1) is 26.8. The summed E-state index contributed by atoms with van der Waals surface area (Å²) in [7, 11) is 0. The van der Waals surface area contributed by atoms with Crippen LogP contribution in [0.1, 0.15) is 0 Å². The second-order valence-electron chi connectivity index (χ2n) is 13.7. The minimum Gasteiger partial charge on any atom is -0.455 e. The molecule has 0 aliphatic rings. The van der Waals surface area contributed by atoms with Crippen LogP contribution < -0.4 is 4.90 Å². The molecule has 0 aliphatic heterocycles. The van der Waals surface area contributed by atoms with E-state index in [0.717, 1.165) is 55.5 Å². The normalized spacial score (nSPS) is 11.3. The van der Waals surface area contributed by atoms with Crippen molar-refractivity contribution in [1.29, 1.82) is 0 Å². The van der Waals surface area contributed by atoms with E-state index in [2.05, 4.69) is 217 Å². The Morgan fingerprint density at radius 3 is 1.41 bits per heavy atom. The van der Waals surface area contributed by atoms with Gasteiger partial charge in [-0.15, -0.1) is 0 Å². The summed E-state index contributed by atoms with van der Waals surface area (Å²) in [5, 5.41) is 4.56. The molecule has 0 saturated heterocycles. The van der Waals surface area contributed by atoms with Crippen LogP contribution >= 0.6 is 0 Å². The highest BCUT2D eigenvalue weighted by molar-refractivity contribution is 6.15. The van der Waals surface area contributed by atoms with Gasteiger partial charge in [-0.3, -0.25) is 0 Å². The van der Waals surface area contributed by atoms with Crippen LogP contribution in [-0.2, 0) is 0 Å². The van der Waals surface area contributed by atoms with Gasteiger partial charge in [0.2, 0.25) is 0 Å². The lowest BCUT2D eigenvalue weighted by atomic mass is 9.98. The minimum absolute atomic E-state index is 0.892. The molecule has 2 nitrogen and oxygen atoms in total. The second-order valence-corrected chi connectivity index (χ2v) is 13.7. The maximum Gasteiger partial charge on any atom is 0.143 e. The predicted molar refractivity (Wildman–Crippen MR) is 228 cm³/mol. The van der Waals surface area contributed by atoms with E-state index in [4.69, 9.17) is 4.42 Å². The van der Waals surface area contributed by atoms with Crippen LogP contribution in [0.3, 0.4) is 0 Å². The molecule has 1 aromatic heterocycles. The Kier molecular flexibility index (Phi) is 7.85. The second kappa shape index (κ2) is 13.4. The lowest BCUT2D eigenvalue weighted by Gasteiger charge is -2.28. The summed E-state index contributed by atoms with van der Waals surface area (Å²) in [4.78, 5) is 2.37. The Hall–Kier alpha value is -7.16. The molecule has 0 spiro atoms. The third-order valence-electron chi connectivity index (χ3n) is 10.5. The first kappa shape index (κ1) is 31.6. The Bertz CT molecular complexity index is 2890. The van der Waals surface area contributed by atoms with Gasteiger partial charge in [0, 0.05) is 33.1 Å². The molecule has 0 saturated carbocycles. The molecule has 2 heteroatoms. The minimum atomic E-state index is 0.892. The van der Waals surface area contributed by atoms with E-state index in [9.17, 15) is 0 Å². The fraction of sp³-hybridized carbons (Fsp3) is 0. The van der Waals surface area contributed by atoms with E-state index < -0.39 is 0 Å². The van der Waals surface area contributed by atoms with Crippen LogP contribution in [0.15, 0.2) is 217 Å². The summed E-state index contributed by atoms with van der Waals surface area (Å²) in [5.41, 5.74) is 14.6. The Morgan fingerprint density at radius 1 is 0.315 bits per heavy atom. The average Bonchev–Trinajstić information content (AvgIpc) is 3.64. The number of nitrogens with zero attached hydrogens (tertiary/aromatic N) is 1. The molecular weight excluding hydrogens is 655 g/mol. The summed E-state index contributed by atoms with van der Waals surface area (Å²) in [6.07, 6.45) is 0. The molecule has 54 heavy (non-hydrogen) atoms. The van der Waals surface area contributed by atoms with Gasteiger partial charge in [0.15, 0.2) is 0 Å². The highest BCUT2D eigenvalue weighted by Crippen LogP contribution is 2.43. The van der Waals surface area contributed by atoms with Gasteiger partial charge in [-0.2, -0.15) is 0 Å². The van der Waals surface area contributed by atoms with Crippen molar-refractivity contribution in [2.75, 3.05) is 4.90 Å². The SMILES string of the molecule is c1ccc(-c2ccc(-c3ccc(N(c4ccc(-c5ccccc5)cc4)c4ccccc4-c4ccc5oc6c7ccccc7ccc6c5c4)cc3)cc2)cc1. The van der Waals surface area contributed by atoms with E-state index in [1.807, 2.05) is 0 Å². The zero-order valence-corrected chi connectivity index (χ0v) is 29.6. The lowest BCUT2D eigenvalue weighted by Crippen LogP contribution is -2.11. The number of para-hydroxylation sites is 1. The maximum atomic E-state index is 6.49. The quantitative estimate of drug-likeness (QED) is 0.166. The summed E-state index contributed by atoms with van der Waals surface area (Å²) in [6.45, 7) is 0. The van der Waals surface area contributed by atoms with Gasteiger partial charge in [-0.1, -0.05) is 164 Å². The number of furan rings is 1. The fourth-order valence-electron chi connectivity index (χ4n) is 7.73. The topological polar surface area (TPSA) is 16.4 Å². The molecule has 254 valence electrons. The highest BCUT2D eigenvalue weighted by Gasteiger charge is 2.19. The van der Waals surface area contributed by atoms with Gasteiger partial charge in [0.05, 0.1) is 5.69 Å². The van der Waals surface area contributed by atoms with Gasteiger partial charge in [-0.25, -0.2) is 0 Å². The number of rotatable bonds is 7. The lowest BCUT2D eigenvalue weighted by molar-refractivity contribution is 0.672. The van der Waals surface area contributed by atoms with Crippen LogP contribution in [0.25, 0.3) is 77.2 Å². The Balaban J connectivity index is 1.07. The van der Waals surface area contributed by atoms with Crippen molar-refractivity contribution in [3.8, 4) is 44.5 Å². The van der Waals surface area contributed by atoms with Crippen LogP contribution in [0.2, 0.25) is 0 Å². The molecule has 0 amide bonds. The third-order valence-corrected chi connectivity index (χ3v) is 10.5. The van der Waals surface area contributed by atoms with E-state index in [1.165, 1.54) is 38.8 Å². The van der Waals surface area contributed by atoms with Gasteiger partial charge < -0.3 is 9.32 Å². The zero-order valence-electron chi connectivity index (χ0n) is 29.6. The van der Waals surface area contributed by atoms with Crippen molar-refractivity contribution in [3.05, 3.63) is 212 Å². The summed E-state index contributed by atoms with van der Waals surface area (Å²) < 4.78 is 6.49. The molecule has 0 atom stereocenters. The van der Waals surface area contributed by atoms with E-state index >= 15 is 0 Å². The number of fused-ring (bicyclic) bond motifs is 5. The molecule has 0 bridgehead atoms. The summed E-state index contributed by atoms with van der Waals surface area (Å²) in [5.74, 6) is 0. The maximum absolute atomic E-state index is 6.49. The van der Waals surface area contributed by atoms with Gasteiger partial charge in [0.25, 0.3) is 0 Å². The number of hydrogen-bond donors (Lipinski definition) is 0. The molecule has 10 rings (SSSR count). The van der Waals surface area contributed by atoms with Crippen LogP contribution in [0, 0.1) is 0 Å². The molecule has 10 aromatic rings. The van der Waals surface area contributed by atoms with Crippen LogP contribution in [-0.4, -0.2) is 0 Å². The first-order valence-electron chi connectivity index (χ1n) is 18.4. The number of anilines is 3. The number of benzene rings is 9. The van der Waals surface area contributed by atoms with Gasteiger partial charge >= 0.3 is 0 Å². The van der Waals surface area contributed by atoms with E-state index in [0.29, 0.717) is 0 Å².